The highest BCUT2D eigenvalue weighted by Gasteiger charge is 2.17. The van der Waals surface area contributed by atoms with E-state index in [0.717, 1.165) is 26.1 Å². The number of rotatable bonds is 2. The number of fused-ring (bicyclic) bond motifs is 3. The van der Waals surface area contributed by atoms with Crippen molar-refractivity contribution in [1.82, 2.24) is 14.8 Å². The predicted molar refractivity (Wildman–Crippen MR) is 73.9 cm³/mol. The van der Waals surface area contributed by atoms with Crippen LogP contribution in [0.25, 0.3) is 20.4 Å². The van der Waals surface area contributed by atoms with Crippen LogP contribution in [-0.2, 0) is 6.54 Å². The molecule has 0 amide bonds. The van der Waals surface area contributed by atoms with Gasteiger partial charge in [0.1, 0.15) is 4.83 Å². The Labute approximate surface area is 108 Å². The second-order valence-corrected chi connectivity index (χ2v) is 5.37. The topological polar surface area (TPSA) is 77.0 Å². The van der Waals surface area contributed by atoms with Crippen LogP contribution in [0.1, 0.15) is 11.3 Å². The molecule has 0 saturated carbocycles. The number of anilines is 1. The van der Waals surface area contributed by atoms with Crippen molar-refractivity contribution in [1.29, 1.82) is 0 Å². The maximum Gasteiger partial charge on any atom is 0.163 e. The molecule has 0 aliphatic carbocycles. The zero-order valence-corrected chi connectivity index (χ0v) is 11.1. The first kappa shape index (κ1) is 11.4. The van der Waals surface area contributed by atoms with E-state index in [1.165, 1.54) is 5.56 Å². The van der Waals surface area contributed by atoms with E-state index in [9.17, 15) is 0 Å². The Bertz CT molecular complexity index is 744. The average molecular weight is 262 g/mol. The van der Waals surface area contributed by atoms with Crippen LogP contribution in [0.15, 0.2) is 6.07 Å². The second kappa shape index (κ2) is 3.93. The molecule has 18 heavy (non-hydrogen) atoms. The van der Waals surface area contributed by atoms with Crippen molar-refractivity contribution in [3.63, 3.8) is 0 Å². The Morgan fingerprint density at radius 1 is 1.44 bits per heavy atom. The summed E-state index contributed by atoms with van der Waals surface area (Å²) in [7, 11) is 0. The first-order chi connectivity index (χ1) is 8.61. The van der Waals surface area contributed by atoms with Crippen molar-refractivity contribution < 1.29 is 5.11 Å². The van der Waals surface area contributed by atoms with E-state index < -0.39 is 0 Å². The standard InChI is InChI=1S/C12H14N4OS/c1-6-5-7(2)14-12-8(6)9-10(18-12)11(13)15-16(9)3-4-17/h5,17H,3-4H2,1-2H3,(H2,13,15). The van der Waals surface area contributed by atoms with Gasteiger partial charge in [0.2, 0.25) is 0 Å². The quantitative estimate of drug-likeness (QED) is 0.738. The number of thiophene rings is 1. The van der Waals surface area contributed by atoms with Crippen LogP contribution in [0.4, 0.5) is 5.82 Å². The number of pyridine rings is 1. The number of aliphatic hydroxyl groups is 1. The SMILES string of the molecule is Cc1cc(C)c2c(n1)sc1c(N)nn(CCO)c12. The molecule has 3 rings (SSSR count). The number of aliphatic hydroxyl groups excluding tert-OH is 1. The van der Waals surface area contributed by atoms with Crippen molar-refractivity contribution in [2.45, 2.75) is 20.4 Å². The summed E-state index contributed by atoms with van der Waals surface area (Å²) >= 11 is 1.56. The van der Waals surface area contributed by atoms with E-state index in [4.69, 9.17) is 10.8 Å². The minimum Gasteiger partial charge on any atom is -0.394 e. The van der Waals surface area contributed by atoms with Crippen LogP contribution < -0.4 is 5.73 Å². The predicted octanol–water partition coefficient (Wildman–Crippen LogP) is 1.84. The summed E-state index contributed by atoms with van der Waals surface area (Å²) in [5.41, 5.74) is 9.09. The van der Waals surface area contributed by atoms with Gasteiger partial charge in [-0.15, -0.1) is 11.3 Å². The van der Waals surface area contributed by atoms with Gasteiger partial charge in [0.25, 0.3) is 0 Å². The fraction of sp³-hybridized carbons (Fsp3) is 0.333. The first-order valence-corrected chi connectivity index (χ1v) is 6.57. The third-order valence-corrected chi connectivity index (χ3v) is 4.09. The monoisotopic (exact) mass is 262 g/mol. The highest BCUT2D eigenvalue weighted by molar-refractivity contribution is 7.26. The largest absolute Gasteiger partial charge is 0.394 e. The summed E-state index contributed by atoms with van der Waals surface area (Å²) in [6, 6.07) is 2.06. The van der Waals surface area contributed by atoms with Crippen molar-refractivity contribution in [3.8, 4) is 0 Å². The normalized spacial score (nSPS) is 11.7. The number of hydrogen-bond acceptors (Lipinski definition) is 5. The molecule has 0 aliphatic heterocycles. The molecule has 0 unspecified atom stereocenters. The molecule has 0 fully saturated rings. The van der Waals surface area contributed by atoms with E-state index in [0.29, 0.717) is 12.4 Å². The van der Waals surface area contributed by atoms with Crippen molar-refractivity contribution >= 4 is 37.6 Å². The average Bonchev–Trinajstić information content (AvgIpc) is 2.79. The van der Waals surface area contributed by atoms with Crippen LogP contribution in [0.5, 0.6) is 0 Å². The van der Waals surface area contributed by atoms with Gasteiger partial charge >= 0.3 is 0 Å². The van der Waals surface area contributed by atoms with Gasteiger partial charge in [-0.2, -0.15) is 5.10 Å². The van der Waals surface area contributed by atoms with Crippen molar-refractivity contribution in [2.75, 3.05) is 12.3 Å². The van der Waals surface area contributed by atoms with Gasteiger partial charge in [-0.1, -0.05) is 0 Å². The molecule has 0 aromatic carbocycles. The fourth-order valence-electron chi connectivity index (χ4n) is 2.32. The Kier molecular flexibility index (Phi) is 2.49. The fourth-order valence-corrected chi connectivity index (χ4v) is 3.52. The number of aromatic nitrogens is 3. The van der Waals surface area contributed by atoms with Gasteiger partial charge in [-0.3, -0.25) is 4.68 Å². The summed E-state index contributed by atoms with van der Waals surface area (Å²) in [5, 5.41) is 14.5. The van der Waals surface area contributed by atoms with Crippen LogP contribution in [0.3, 0.4) is 0 Å². The minimum absolute atomic E-state index is 0.0475. The molecule has 0 radical (unpaired) electrons. The summed E-state index contributed by atoms with van der Waals surface area (Å²) in [6.07, 6.45) is 0. The Morgan fingerprint density at radius 2 is 2.22 bits per heavy atom. The van der Waals surface area contributed by atoms with Gasteiger partial charge in [-0.05, 0) is 25.5 Å². The van der Waals surface area contributed by atoms with Crippen molar-refractivity contribution in [3.05, 3.63) is 17.3 Å². The molecular weight excluding hydrogens is 248 g/mol. The summed E-state index contributed by atoms with van der Waals surface area (Å²) in [6.45, 7) is 4.55. The Balaban J connectivity index is 2.47. The molecule has 0 spiro atoms. The van der Waals surface area contributed by atoms with Gasteiger partial charge in [0, 0.05) is 11.1 Å². The van der Waals surface area contributed by atoms with Gasteiger partial charge in [0.15, 0.2) is 5.82 Å². The zero-order chi connectivity index (χ0) is 12.9. The maximum atomic E-state index is 9.10. The molecule has 94 valence electrons. The Morgan fingerprint density at radius 3 is 2.94 bits per heavy atom. The number of nitrogens with zero attached hydrogens (tertiary/aromatic N) is 3. The molecule has 3 aromatic rings. The molecule has 0 saturated heterocycles. The lowest BCUT2D eigenvalue weighted by atomic mass is 10.1. The van der Waals surface area contributed by atoms with E-state index in [-0.39, 0.29) is 6.61 Å². The molecule has 0 aliphatic rings. The van der Waals surface area contributed by atoms with Crippen LogP contribution in [-0.4, -0.2) is 26.5 Å². The van der Waals surface area contributed by atoms with Gasteiger partial charge in [0.05, 0.1) is 23.4 Å². The number of hydrogen-bond donors (Lipinski definition) is 2. The number of nitrogen functional groups attached to an aromatic ring is 1. The molecule has 5 nitrogen and oxygen atoms in total. The molecule has 6 heteroatoms. The van der Waals surface area contributed by atoms with E-state index in [1.54, 1.807) is 16.0 Å². The molecule has 0 bridgehead atoms. The van der Waals surface area contributed by atoms with E-state index in [1.807, 2.05) is 6.92 Å². The smallest absolute Gasteiger partial charge is 0.163 e. The third-order valence-electron chi connectivity index (χ3n) is 2.99. The lowest BCUT2D eigenvalue weighted by molar-refractivity contribution is 0.272. The number of aryl methyl sites for hydroxylation is 2. The molecule has 3 N–H and O–H groups in total. The zero-order valence-electron chi connectivity index (χ0n) is 10.3. The summed E-state index contributed by atoms with van der Waals surface area (Å²) in [5.74, 6) is 0.513. The van der Waals surface area contributed by atoms with Gasteiger partial charge in [-0.25, -0.2) is 4.98 Å². The summed E-state index contributed by atoms with van der Waals surface area (Å²) < 4.78 is 2.73. The lowest BCUT2D eigenvalue weighted by Crippen LogP contribution is -2.04. The van der Waals surface area contributed by atoms with Crippen molar-refractivity contribution in [2.24, 2.45) is 0 Å². The van der Waals surface area contributed by atoms with E-state index in [2.05, 4.69) is 23.1 Å². The number of nitrogens with two attached hydrogens (primary N) is 1. The first-order valence-electron chi connectivity index (χ1n) is 5.75. The van der Waals surface area contributed by atoms with E-state index >= 15 is 0 Å². The molecular formula is C12H14N4OS. The van der Waals surface area contributed by atoms with Gasteiger partial charge < -0.3 is 10.8 Å². The van der Waals surface area contributed by atoms with Crippen LogP contribution >= 0.6 is 11.3 Å². The third kappa shape index (κ3) is 1.49. The highest BCUT2D eigenvalue weighted by Crippen LogP contribution is 2.37. The lowest BCUT2D eigenvalue weighted by Gasteiger charge is -2.02. The minimum atomic E-state index is 0.0475. The second-order valence-electron chi connectivity index (χ2n) is 4.37. The maximum absolute atomic E-state index is 9.10. The Hall–Kier alpha value is -1.66. The molecule has 3 heterocycles. The highest BCUT2D eigenvalue weighted by atomic mass is 32.1. The summed E-state index contributed by atoms with van der Waals surface area (Å²) in [4.78, 5) is 5.53. The van der Waals surface area contributed by atoms with Crippen LogP contribution in [0.2, 0.25) is 0 Å². The molecule has 0 atom stereocenters. The van der Waals surface area contributed by atoms with Crippen LogP contribution in [0, 0.1) is 13.8 Å². The molecule has 3 aromatic heterocycles.